The molecule has 1 aromatic rings. The van der Waals surface area contributed by atoms with Crippen LogP contribution in [0.4, 0.5) is 4.39 Å². The van der Waals surface area contributed by atoms with E-state index in [9.17, 15) is 4.39 Å². The van der Waals surface area contributed by atoms with Gasteiger partial charge in [0.1, 0.15) is 5.82 Å². The van der Waals surface area contributed by atoms with Gasteiger partial charge in [-0.1, -0.05) is 19.0 Å². The highest BCUT2D eigenvalue weighted by Crippen LogP contribution is 2.11. The number of ether oxygens (including phenoxy) is 1. The summed E-state index contributed by atoms with van der Waals surface area (Å²) in [6, 6.07) is 4.22. The fourth-order valence-corrected chi connectivity index (χ4v) is 1.35. The van der Waals surface area contributed by atoms with Crippen LogP contribution in [0.15, 0.2) is 23.4 Å². The smallest absolute Gasteiger partial charge is 0.170 e. The van der Waals surface area contributed by atoms with Gasteiger partial charge in [-0.05, 0) is 29.7 Å². The Morgan fingerprint density at radius 3 is 2.76 bits per heavy atom. The van der Waals surface area contributed by atoms with Crippen molar-refractivity contribution in [1.82, 2.24) is 0 Å². The monoisotopic (exact) mass is 240 g/mol. The van der Waals surface area contributed by atoms with Crippen LogP contribution >= 0.6 is 0 Å². The van der Waals surface area contributed by atoms with Crippen molar-refractivity contribution in [1.29, 1.82) is 0 Å². The van der Waals surface area contributed by atoms with Gasteiger partial charge in [0, 0.05) is 12.2 Å². The third-order valence-corrected chi connectivity index (χ3v) is 2.08. The Labute approximate surface area is 99.9 Å². The Morgan fingerprint density at radius 1 is 1.47 bits per heavy atom. The van der Waals surface area contributed by atoms with Gasteiger partial charge in [-0.3, -0.25) is 0 Å². The van der Waals surface area contributed by atoms with Crippen LogP contribution in [0, 0.1) is 11.7 Å². The third kappa shape index (κ3) is 4.40. The molecule has 17 heavy (non-hydrogen) atoms. The highest BCUT2D eigenvalue weighted by Gasteiger charge is 2.05. The number of benzene rings is 1. The molecule has 0 fully saturated rings. The number of hydrogen-bond acceptors (Lipinski definition) is 3. The first-order chi connectivity index (χ1) is 8.02. The van der Waals surface area contributed by atoms with Crippen molar-refractivity contribution < 1.29 is 14.3 Å². The second kappa shape index (κ2) is 6.20. The summed E-state index contributed by atoms with van der Waals surface area (Å²) in [5.41, 5.74) is 6.40. The first-order valence-electron chi connectivity index (χ1n) is 5.38. The van der Waals surface area contributed by atoms with Crippen LogP contribution < -0.4 is 5.73 Å². The molecule has 0 aliphatic carbocycles. The summed E-state index contributed by atoms with van der Waals surface area (Å²) in [6.07, 6.45) is 0. The second-order valence-electron chi connectivity index (χ2n) is 4.24. The minimum atomic E-state index is -0.433. The molecule has 5 heteroatoms. The topological polar surface area (TPSA) is 67.8 Å². The van der Waals surface area contributed by atoms with Gasteiger partial charge in [0.15, 0.2) is 5.84 Å². The normalized spacial score (nSPS) is 12.1. The molecule has 1 aromatic carbocycles. The summed E-state index contributed by atoms with van der Waals surface area (Å²) in [5, 5.41) is 11.4. The highest BCUT2D eigenvalue weighted by atomic mass is 19.1. The molecule has 0 amide bonds. The van der Waals surface area contributed by atoms with Gasteiger partial charge < -0.3 is 15.7 Å². The lowest BCUT2D eigenvalue weighted by molar-refractivity contribution is 0.0969. The van der Waals surface area contributed by atoms with Gasteiger partial charge in [-0.25, -0.2) is 4.39 Å². The molecule has 3 N–H and O–H groups in total. The average molecular weight is 240 g/mol. The van der Waals surface area contributed by atoms with Crippen LogP contribution in [0.5, 0.6) is 0 Å². The molecule has 0 bridgehead atoms. The summed E-state index contributed by atoms with van der Waals surface area (Å²) in [7, 11) is 0. The zero-order valence-electron chi connectivity index (χ0n) is 9.98. The van der Waals surface area contributed by atoms with Crippen LogP contribution in [0.25, 0.3) is 0 Å². The molecule has 0 heterocycles. The zero-order valence-corrected chi connectivity index (χ0v) is 9.98. The molecule has 0 aliphatic heterocycles. The van der Waals surface area contributed by atoms with E-state index in [1.807, 2.05) is 13.8 Å². The van der Waals surface area contributed by atoms with E-state index in [4.69, 9.17) is 15.7 Å². The molecule has 94 valence electrons. The molecule has 0 spiro atoms. The molecule has 0 saturated heterocycles. The van der Waals surface area contributed by atoms with Gasteiger partial charge in [-0.15, -0.1) is 0 Å². The number of oxime groups is 1. The molecule has 0 saturated carbocycles. The van der Waals surface area contributed by atoms with Crippen LogP contribution in [-0.4, -0.2) is 17.6 Å². The SMILES string of the molecule is CC(C)COCc1cc(F)cc(/C(N)=N/O)c1. The molecule has 0 atom stereocenters. The predicted octanol–water partition coefficient (Wildman–Crippen LogP) is 2.09. The standard InChI is InChI=1S/C12H17FN2O2/c1-8(2)6-17-7-9-3-10(12(14)15-16)5-11(13)4-9/h3-5,8,16H,6-7H2,1-2H3,(H2,14,15). The highest BCUT2D eigenvalue weighted by molar-refractivity contribution is 5.97. The van der Waals surface area contributed by atoms with Crippen LogP contribution in [0.1, 0.15) is 25.0 Å². The van der Waals surface area contributed by atoms with Gasteiger partial charge in [0.25, 0.3) is 0 Å². The molecular weight excluding hydrogens is 223 g/mol. The molecule has 0 unspecified atom stereocenters. The molecule has 1 rings (SSSR count). The average Bonchev–Trinajstić information content (AvgIpc) is 2.26. The summed E-state index contributed by atoms with van der Waals surface area (Å²) in [6.45, 7) is 4.98. The van der Waals surface area contributed by atoms with E-state index in [-0.39, 0.29) is 5.84 Å². The maximum absolute atomic E-state index is 13.3. The Kier molecular flexibility index (Phi) is 4.90. The fraction of sp³-hybridized carbons (Fsp3) is 0.417. The van der Waals surface area contributed by atoms with Crippen molar-refractivity contribution >= 4 is 5.84 Å². The summed E-state index contributed by atoms with van der Waals surface area (Å²) in [5.74, 6) is -0.126. The summed E-state index contributed by atoms with van der Waals surface area (Å²) >= 11 is 0. The van der Waals surface area contributed by atoms with Gasteiger partial charge >= 0.3 is 0 Å². The number of nitrogens with zero attached hydrogens (tertiary/aromatic N) is 1. The quantitative estimate of drug-likeness (QED) is 0.358. The molecular formula is C12H17FN2O2. The third-order valence-electron chi connectivity index (χ3n) is 2.08. The zero-order chi connectivity index (χ0) is 12.8. The van der Waals surface area contributed by atoms with Crippen molar-refractivity contribution in [2.24, 2.45) is 16.8 Å². The Hall–Kier alpha value is -1.62. The van der Waals surface area contributed by atoms with E-state index < -0.39 is 5.82 Å². The van der Waals surface area contributed by atoms with Crippen LogP contribution in [0.2, 0.25) is 0 Å². The lowest BCUT2D eigenvalue weighted by atomic mass is 10.1. The number of hydrogen-bond donors (Lipinski definition) is 2. The van der Waals surface area contributed by atoms with Crippen LogP contribution in [-0.2, 0) is 11.3 Å². The van der Waals surface area contributed by atoms with E-state index in [1.54, 1.807) is 6.07 Å². The van der Waals surface area contributed by atoms with E-state index in [0.29, 0.717) is 30.3 Å². The number of rotatable bonds is 5. The lowest BCUT2D eigenvalue weighted by Gasteiger charge is -2.08. The largest absolute Gasteiger partial charge is 0.409 e. The first-order valence-corrected chi connectivity index (χ1v) is 5.38. The van der Waals surface area contributed by atoms with E-state index in [1.165, 1.54) is 12.1 Å². The number of halogens is 1. The van der Waals surface area contributed by atoms with Crippen molar-refractivity contribution in [3.8, 4) is 0 Å². The maximum atomic E-state index is 13.3. The Morgan fingerprint density at radius 2 is 2.18 bits per heavy atom. The van der Waals surface area contributed by atoms with E-state index in [2.05, 4.69) is 5.16 Å². The van der Waals surface area contributed by atoms with E-state index >= 15 is 0 Å². The fourth-order valence-electron chi connectivity index (χ4n) is 1.35. The molecule has 0 aromatic heterocycles. The maximum Gasteiger partial charge on any atom is 0.170 e. The van der Waals surface area contributed by atoms with Crippen molar-refractivity contribution in [3.63, 3.8) is 0 Å². The second-order valence-corrected chi connectivity index (χ2v) is 4.24. The van der Waals surface area contributed by atoms with Gasteiger partial charge in [-0.2, -0.15) is 0 Å². The number of nitrogens with two attached hydrogens (primary N) is 1. The van der Waals surface area contributed by atoms with Crippen LogP contribution in [0.3, 0.4) is 0 Å². The molecule has 0 aliphatic rings. The van der Waals surface area contributed by atoms with Crippen molar-refractivity contribution in [3.05, 3.63) is 35.1 Å². The Bertz CT molecular complexity index is 405. The minimum Gasteiger partial charge on any atom is -0.409 e. The molecule has 0 radical (unpaired) electrons. The van der Waals surface area contributed by atoms with Crippen molar-refractivity contribution in [2.75, 3.05) is 6.61 Å². The lowest BCUT2D eigenvalue weighted by Crippen LogP contribution is -2.14. The Balaban J connectivity index is 2.76. The summed E-state index contributed by atoms with van der Waals surface area (Å²) in [4.78, 5) is 0. The predicted molar refractivity (Wildman–Crippen MR) is 63.4 cm³/mol. The summed E-state index contributed by atoms with van der Waals surface area (Å²) < 4.78 is 18.7. The van der Waals surface area contributed by atoms with Gasteiger partial charge in [0.2, 0.25) is 0 Å². The minimum absolute atomic E-state index is 0.116. The van der Waals surface area contributed by atoms with Crippen molar-refractivity contribution in [2.45, 2.75) is 20.5 Å². The van der Waals surface area contributed by atoms with Gasteiger partial charge in [0.05, 0.1) is 6.61 Å². The number of amidine groups is 1. The molecule has 4 nitrogen and oxygen atoms in total. The first kappa shape index (κ1) is 13.4. The van der Waals surface area contributed by atoms with E-state index in [0.717, 1.165) is 0 Å².